The van der Waals surface area contributed by atoms with Crippen LogP contribution in [-0.4, -0.2) is 12.1 Å². The lowest BCUT2D eigenvalue weighted by molar-refractivity contribution is 0.104. The fourth-order valence-electron chi connectivity index (χ4n) is 1.66. The minimum Gasteiger partial charge on any atom is -0.298 e. The van der Waals surface area contributed by atoms with Crippen molar-refractivity contribution in [3.63, 3.8) is 0 Å². The second kappa shape index (κ2) is 6.51. The lowest BCUT2D eigenvalue weighted by Gasteiger charge is -1.99. The third-order valence-electron chi connectivity index (χ3n) is 2.68. The van der Waals surface area contributed by atoms with Gasteiger partial charge in [-0.3, -0.25) is 9.59 Å². The predicted molar refractivity (Wildman–Crippen MR) is 81.7 cm³/mol. The zero-order chi connectivity index (χ0) is 14.5. The monoisotopic (exact) mass is 304 g/mol. The highest BCUT2D eigenvalue weighted by Gasteiger charge is 2.03. The molecule has 2 aromatic rings. The number of hydrogen-bond acceptors (Lipinski definition) is 2. The molecule has 0 aliphatic heterocycles. The Labute approximate surface area is 126 Å². The summed E-state index contributed by atoms with van der Waals surface area (Å²) in [6.45, 7) is 0. The van der Waals surface area contributed by atoms with Gasteiger partial charge in [-0.2, -0.15) is 0 Å². The summed E-state index contributed by atoms with van der Waals surface area (Å²) in [5.41, 5.74) is 1.63. The Kier molecular flexibility index (Phi) is 4.72. The molecule has 2 rings (SSSR count). The quantitative estimate of drug-likeness (QED) is 0.466. The molecule has 0 aliphatic carbocycles. The maximum Gasteiger partial charge on any atom is 0.185 e. The van der Waals surface area contributed by atoms with Crippen LogP contribution in [0.2, 0.25) is 10.0 Å². The molecule has 0 N–H and O–H groups in total. The van der Waals surface area contributed by atoms with E-state index in [1.165, 1.54) is 6.08 Å². The van der Waals surface area contributed by atoms with Gasteiger partial charge in [-0.1, -0.05) is 47.5 Å². The van der Waals surface area contributed by atoms with E-state index in [-0.39, 0.29) is 5.78 Å². The summed E-state index contributed by atoms with van der Waals surface area (Å²) < 4.78 is 0. The van der Waals surface area contributed by atoms with Crippen LogP contribution in [0.25, 0.3) is 6.08 Å². The predicted octanol–water partition coefficient (Wildman–Crippen LogP) is 4.70. The van der Waals surface area contributed by atoms with Crippen LogP contribution in [0, 0.1) is 0 Å². The Bertz CT molecular complexity index is 691. The van der Waals surface area contributed by atoms with Crippen molar-refractivity contribution in [3.8, 4) is 0 Å². The lowest BCUT2D eigenvalue weighted by Crippen LogP contribution is -1.95. The molecule has 0 atom stereocenters. The van der Waals surface area contributed by atoms with Crippen LogP contribution in [0.3, 0.4) is 0 Å². The van der Waals surface area contributed by atoms with Crippen molar-refractivity contribution in [1.82, 2.24) is 0 Å². The molecule has 0 saturated carbocycles. The highest BCUT2D eigenvalue weighted by atomic mass is 35.5. The first-order chi connectivity index (χ1) is 9.60. The van der Waals surface area contributed by atoms with E-state index in [1.54, 1.807) is 48.5 Å². The van der Waals surface area contributed by atoms with E-state index in [4.69, 9.17) is 23.2 Å². The minimum absolute atomic E-state index is 0.195. The maximum absolute atomic E-state index is 12.0. The molecule has 0 aromatic heterocycles. The summed E-state index contributed by atoms with van der Waals surface area (Å²) in [6, 6.07) is 11.6. The summed E-state index contributed by atoms with van der Waals surface area (Å²) in [6.07, 6.45) is 3.74. The van der Waals surface area contributed by atoms with Crippen molar-refractivity contribution < 1.29 is 9.59 Å². The number of rotatable bonds is 4. The number of aldehydes is 1. The Morgan fingerprint density at radius 1 is 1.05 bits per heavy atom. The summed E-state index contributed by atoms with van der Waals surface area (Å²) in [5, 5.41) is 1.01. The first kappa shape index (κ1) is 14.5. The van der Waals surface area contributed by atoms with Gasteiger partial charge in [0.25, 0.3) is 0 Å². The van der Waals surface area contributed by atoms with Gasteiger partial charge in [0.2, 0.25) is 0 Å². The molecule has 0 bridgehead atoms. The molecule has 4 heteroatoms. The van der Waals surface area contributed by atoms with Gasteiger partial charge in [0.15, 0.2) is 5.78 Å². The van der Waals surface area contributed by atoms with Crippen LogP contribution in [0.1, 0.15) is 26.3 Å². The molecule has 100 valence electrons. The minimum atomic E-state index is -0.195. The average molecular weight is 305 g/mol. The van der Waals surface area contributed by atoms with E-state index in [9.17, 15) is 9.59 Å². The SMILES string of the molecule is O=Cc1cccc(C(=O)/C=C/c2ccc(Cl)cc2Cl)c1. The van der Waals surface area contributed by atoms with Crippen molar-refractivity contribution in [1.29, 1.82) is 0 Å². The molecular weight excluding hydrogens is 295 g/mol. The summed E-state index contributed by atoms with van der Waals surface area (Å²) >= 11 is 11.8. The summed E-state index contributed by atoms with van der Waals surface area (Å²) in [4.78, 5) is 22.7. The van der Waals surface area contributed by atoms with E-state index >= 15 is 0 Å². The number of halogens is 2. The highest BCUT2D eigenvalue weighted by Crippen LogP contribution is 2.22. The third-order valence-corrected chi connectivity index (χ3v) is 3.25. The fourth-order valence-corrected chi connectivity index (χ4v) is 2.14. The fraction of sp³-hybridized carbons (Fsp3) is 0. The van der Waals surface area contributed by atoms with Gasteiger partial charge in [-0.15, -0.1) is 0 Å². The van der Waals surface area contributed by atoms with Crippen LogP contribution < -0.4 is 0 Å². The number of hydrogen-bond donors (Lipinski definition) is 0. The molecule has 0 amide bonds. The van der Waals surface area contributed by atoms with Crippen molar-refractivity contribution in [3.05, 3.63) is 75.3 Å². The molecule has 0 saturated heterocycles. The largest absolute Gasteiger partial charge is 0.298 e. The Hall–Kier alpha value is -1.90. The molecule has 0 unspecified atom stereocenters. The Morgan fingerprint density at radius 2 is 1.85 bits per heavy atom. The van der Waals surface area contributed by atoms with E-state index in [2.05, 4.69) is 0 Å². The van der Waals surface area contributed by atoms with E-state index in [0.717, 1.165) is 0 Å². The maximum atomic E-state index is 12.0. The third kappa shape index (κ3) is 3.56. The second-order valence-electron chi connectivity index (χ2n) is 4.11. The normalized spacial score (nSPS) is 10.7. The molecule has 2 nitrogen and oxygen atoms in total. The Morgan fingerprint density at radius 3 is 2.55 bits per heavy atom. The van der Waals surface area contributed by atoms with E-state index in [1.807, 2.05) is 0 Å². The molecule has 0 radical (unpaired) electrons. The van der Waals surface area contributed by atoms with Crippen LogP contribution in [0.4, 0.5) is 0 Å². The van der Waals surface area contributed by atoms with Crippen LogP contribution in [-0.2, 0) is 0 Å². The number of carbonyl (C=O) groups is 2. The zero-order valence-corrected chi connectivity index (χ0v) is 11.9. The molecule has 0 aliphatic rings. The smallest absolute Gasteiger partial charge is 0.185 e. The standard InChI is InChI=1S/C16H10Cl2O2/c17-14-6-4-12(15(18)9-14)5-7-16(20)13-3-1-2-11(8-13)10-19/h1-10H/b7-5+. The van der Waals surface area contributed by atoms with Gasteiger partial charge < -0.3 is 0 Å². The summed E-state index contributed by atoms with van der Waals surface area (Å²) in [5.74, 6) is -0.195. The van der Waals surface area contributed by atoms with Crippen LogP contribution >= 0.6 is 23.2 Å². The molecule has 20 heavy (non-hydrogen) atoms. The summed E-state index contributed by atoms with van der Waals surface area (Å²) in [7, 11) is 0. The first-order valence-electron chi connectivity index (χ1n) is 5.83. The molecule has 0 fully saturated rings. The van der Waals surface area contributed by atoms with Gasteiger partial charge in [-0.05, 0) is 35.9 Å². The van der Waals surface area contributed by atoms with Crippen molar-refractivity contribution in [2.24, 2.45) is 0 Å². The van der Waals surface area contributed by atoms with Crippen LogP contribution in [0.15, 0.2) is 48.5 Å². The van der Waals surface area contributed by atoms with Gasteiger partial charge >= 0.3 is 0 Å². The molecular formula is C16H10Cl2O2. The number of ketones is 1. The second-order valence-corrected chi connectivity index (χ2v) is 4.95. The lowest BCUT2D eigenvalue weighted by atomic mass is 10.1. The van der Waals surface area contributed by atoms with Crippen molar-refractivity contribution in [2.75, 3.05) is 0 Å². The zero-order valence-electron chi connectivity index (χ0n) is 10.3. The Balaban J connectivity index is 2.22. The number of carbonyl (C=O) groups excluding carboxylic acids is 2. The molecule has 0 heterocycles. The van der Waals surface area contributed by atoms with Gasteiger partial charge in [0.1, 0.15) is 6.29 Å². The topological polar surface area (TPSA) is 34.1 Å². The number of allylic oxidation sites excluding steroid dienone is 1. The van der Waals surface area contributed by atoms with Gasteiger partial charge in [-0.25, -0.2) is 0 Å². The number of benzene rings is 2. The molecule has 0 spiro atoms. The van der Waals surface area contributed by atoms with Gasteiger partial charge in [0, 0.05) is 21.2 Å². The highest BCUT2D eigenvalue weighted by molar-refractivity contribution is 6.35. The van der Waals surface area contributed by atoms with E-state index < -0.39 is 0 Å². The molecule has 2 aromatic carbocycles. The van der Waals surface area contributed by atoms with Crippen molar-refractivity contribution >= 4 is 41.3 Å². The van der Waals surface area contributed by atoms with Crippen LogP contribution in [0.5, 0.6) is 0 Å². The first-order valence-corrected chi connectivity index (χ1v) is 6.58. The van der Waals surface area contributed by atoms with Gasteiger partial charge in [0.05, 0.1) is 0 Å². The average Bonchev–Trinajstić information content (AvgIpc) is 2.46. The van der Waals surface area contributed by atoms with E-state index in [0.29, 0.717) is 33.0 Å². The van der Waals surface area contributed by atoms with Crippen molar-refractivity contribution in [2.45, 2.75) is 0 Å².